The molecule has 15 heavy (non-hydrogen) atoms. The molecule has 0 radical (unpaired) electrons. The summed E-state index contributed by atoms with van der Waals surface area (Å²) in [6.07, 6.45) is 5.13. The number of nitrogens with zero attached hydrogens (tertiary/aromatic N) is 1. The molecular formula is C10H9NO3S. The smallest absolute Gasteiger partial charge is 0.355 e. The fourth-order valence-electron chi connectivity index (χ4n) is 1.34. The van der Waals surface area contributed by atoms with Crippen molar-refractivity contribution in [2.75, 3.05) is 0 Å². The largest absolute Gasteiger partial charge is 0.512 e. The summed E-state index contributed by atoms with van der Waals surface area (Å²) >= 11 is 1.23. The van der Waals surface area contributed by atoms with Crippen LogP contribution in [0.1, 0.15) is 28.3 Å². The van der Waals surface area contributed by atoms with Crippen molar-refractivity contribution in [2.24, 2.45) is 0 Å². The fraction of sp³-hybridized carbons (Fsp3) is 0.200. The summed E-state index contributed by atoms with van der Waals surface area (Å²) in [5.74, 6) is -0.763. The third kappa shape index (κ3) is 1.92. The van der Waals surface area contributed by atoms with Gasteiger partial charge in [0.05, 0.1) is 0 Å². The van der Waals surface area contributed by atoms with Crippen LogP contribution in [0, 0.1) is 0 Å². The highest BCUT2D eigenvalue weighted by molar-refractivity contribution is 7.11. The molecule has 1 aromatic rings. The SMILES string of the molecule is O=C(O)c1csc(C2=C(O)CCC=C2)n1. The van der Waals surface area contributed by atoms with Crippen molar-refractivity contribution in [3.8, 4) is 0 Å². The quantitative estimate of drug-likeness (QED) is 0.807. The lowest BCUT2D eigenvalue weighted by atomic mass is 10.1. The molecule has 78 valence electrons. The third-order valence-electron chi connectivity index (χ3n) is 2.10. The van der Waals surface area contributed by atoms with E-state index in [1.54, 1.807) is 6.08 Å². The zero-order valence-electron chi connectivity index (χ0n) is 7.80. The molecule has 2 rings (SSSR count). The summed E-state index contributed by atoms with van der Waals surface area (Å²) in [6, 6.07) is 0. The van der Waals surface area contributed by atoms with Gasteiger partial charge in [0.15, 0.2) is 5.69 Å². The van der Waals surface area contributed by atoms with Crippen molar-refractivity contribution < 1.29 is 15.0 Å². The van der Waals surface area contributed by atoms with Crippen molar-refractivity contribution >= 4 is 22.9 Å². The van der Waals surface area contributed by atoms with Gasteiger partial charge in [0, 0.05) is 17.4 Å². The minimum Gasteiger partial charge on any atom is -0.512 e. The van der Waals surface area contributed by atoms with E-state index in [1.165, 1.54) is 16.7 Å². The van der Waals surface area contributed by atoms with E-state index in [0.717, 1.165) is 6.42 Å². The predicted molar refractivity (Wildman–Crippen MR) is 57.0 cm³/mol. The number of allylic oxidation sites excluding steroid dienone is 4. The van der Waals surface area contributed by atoms with Gasteiger partial charge in [-0.15, -0.1) is 11.3 Å². The standard InChI is InChI=1S/C10H9NO3S/c12-8-4-2-1-3-6(8)9-11-7(5-15-9)10(13)14/h1,3,5,12H,2,4H2,(H,13,14). The van der Waals surface area contributed by atoms with Crippen LogP contribution in [-0.2, 0) is 0 Å². The molecule has 4 nitrogen and oxygen atoms in total. The Hall–Kier alpha value is -1.62. The zero-order valence-corrected chi connectivity index (χ0v) is 8.62. The van der Waals surface area contributed by atoms with Crippen LogP contribution in [0.5, 0.6) is 0 Å². The van der Waals surface area contributed by atoms with E-state index in [9.17, 15) is 9.90 Å². The highest BCUT2D eigenvalue weighted by Crippen LogP contribution is 2.28. The van der Waals surface area contributed by atoms with E-state index >= 15 is 0 Å². The lowest BCUT2D eigenvalue weighted by Gasteiger charge is -2.07. The Balaban J connectivity index is 2.37. The van der Waals surface area contributed by atoms with Gasteiger partial charge in [-0.2, -0.15) is 0 Å². The first-order chi connectivity index (χ1) is 7.18. The van der Waals surface area contributed by atoms with E-state index in [-0.39, 0.29) is 11.5 Å². The van der Waals surface area contributed by atoms with Gasteiger partial charge in [0.25, 0.3) is 0 Å². The van der Waals surface area contributed by atoms with E-state index in [1.807, 2.05) is 6.08 Å². The Labute approximate surface area is 90.2 Å². The predicted octanol–water partition coefficient (Wildman–Crippen LogP) is 2.46. The summed E-state index contributed by atoms with van der Waals surface area (Å²) < 4.78 is 0. The summed E-state index contributed by atoms with van der Waals surface area (Å²) in [7, 11) is 0. The molecule has 0 aliphatic heterocycles. The summed E-state index contributed by atoms with van der Waals surface area (Å²) in [5.41, 5.74) is 0.660. The Kier molecular flexibility index (Phi) is 2.55. The monoisotopic (exact) mass is 223 g/mol. The molecule has 0 bridgehead atoms. The highest BCUT2D eigenvalue weighted by atomic mass is 32.1. The van der Waals surface area contributed by atoms with Gasteiger partial charge in [-0.05, 0) is 6.42 Å². The molecular weight excluding hydrogens is 214 g/mol. The van der Waals surface area contributed by atoms with Gasteiger partial charge >= 0.3 is 5.97 Å². The molecule has 0 spiro atoms. The third-order valence-corrected chi connectivity index (χ3v) is 2.97. The van der Waals surface area contributed by atoms with Gasteiger partial charge in [-0.1, -0.05) is 12.2 Å². The molecule has 0 saturated heterocycles. The van der Waals surface area contributed by atoms with Gasteiger partial charge in [-0.3, -0.25) is 0 Å². The molecule has 1 aliphatic carbocycles. The first-order valence-corrected chi connectivity index (χ1v) is 5.34. The molecule has 0 amide bonds. The second-order valence-corrected chi connectivity index (χ2v) is 4.00. The molecule has 0 saturated carbocycles. The minimum absolute atomic E-state index is 0.0225. The van der Waals surface area contributed by atoms with Crippen LogP contribution in [0.15, 0.2) is 23.3 Å². The Morgan fingerprint density at radius 3 is 2.93 bits per heavy atom. The maximum atomic E-state index is 10.6. The molecule has 1 aromatic heterocycles. The van der Waals surface area contributed by atoms with Crippen molar-refractivity contribution in [3.63, 3.8) is 0 Å². The molecule has 2 N–H and O–H groups in total. The van der Waals surface area contributed by atoms with E-state index in [4.69, 9.17) is 5.11 Å². The number of aromatic carboxylic acids is 1. The fourth-order valence-corrected chi connectivity index (χ4v) is 2.18. The van der Waals surface area contributed by atoms with Crippen LogP contribution in [0.3, 0.4) is 0 Å². The van der Waals surface area contributed by atoms with E-state index in [0.29, 0.717) is 17.0 Å². The summed E-state index contributed by atoms with van der Waals surface area (Å²) in [5, 5.41) is 20.4. The molecule has 5 heteroatoms. The van der Waals surface area contributed by atoms with Gasteiger partial charge in [-0.25, -0.2) is 9.78 Å². The number of hydrogen-bond acceptors (Lipinski definition) is 4. The molecule has 0 aromatic carbocycles. The molecule has 1 aliphatic rings. The second-order valence-electron chi connectivity index (χ2n) is 3.14. The second kappa shape index (κ2) is 3.86. The first-order valence-electron chi connectivity index (χ1n) is 4.46. The Morgan fingerprint density at radius 2 is 2.33 bits per heavy atom. The molecule has 0 atom stereocenters. The Bertz CT molecular complexity index is 459. The van der Waals surface area contributed by atoms with Crippen molar-refractivity contribution in [1.29, 1.82) is 0 Å². The lowest BCUT2D eigenvalue weighted by molar-refractivity contribution is 0.0691. The average molecular weight is 223 g/mol. The lowest BCUT2D eigenvalue weighted by Crippen LogP contribution is -1.98. The van der Waals surface area contributed by atoms with Crippen LogP contribution in [-0.4, -0.2) is 21.2 Å². The number of aromatic nitrogens is 1. The number of aliphatic hydroxyl groups is 1. The number of aliphatic hydroxyl groups excluding tert-OH is 1. The first kappa shape index (κ1) is 9.92. The van der Waals surface area contributed by atoms with Crippen LogP contribution >= 0.6 is 11.3 Å². The minimum atomic E-state index is -1.04. The number of carbonyl (C=O) groups is 1. The van der Waals surface area contributed by atoms with E-state index in [2.05, 4.69) is 4.98 Å². The average Bonchev–Trinajstić information content (AvgIpc) is 2.67. The van der Waals surface area contributed by atoms with Crippen LogP contribution < -0.4 is 0 Å². The normalized spacial score (nSPS) is 15.7. The Morgan fingerprint density at radius 1 is 1.53 bits per heavy atom. The number of rotatable bonds is 2. The van der Waals surface area contributed by atoms with Gasteiger partial charge in [0.1, 0.15) is 10.8 Å². The number of carboxylic acids is 1. The number of thiazole rings is 1. The topological polar surface area (TPSA) is 70.4 Å². The van der Waals surface area contributed by atoms with Gasteiger partial charge < -0.3 is 10.2 Å². The highest BCUT2D eigenvalue weighted by Gasteiger charge is 2.15. The van der Waals surface area contributed by atoms with Crippen LogP contribution in [0.4, 0.5) is 0 Å². The summed E-state index contributed by atoms with van der Waals surface area (Å²) in [6.45, 7) is 0. The molecule has 0 unspecified atom stereocenters. The molecule has 1 heterocycles. The van der Waals surface area contributed by atoms with E-state index < -0.39 is 5.97 Å². The van der Waals surface area contributed by atoms with Crippen molar-refractivity contribution in [1.82, 2.24) is 4.98 Å². The van der Waals surface area contributed by atoms with Crippen molar-refractivity contribution in [2.45, 2.75) is 12.8 Å². The maximum Gasteiger partial charge on any atom is 0.355 e. The zero-order chi connectivity index (χ0) is 10.8. The van der Waals surface area contributed by atoms with Crippen molar-refractivity contribution in [3.05, 3.63) is 34.0 Å². The van der Waals surface area contributed by atoms with Crippen LogP contribution in [0.2, 0.25) is 0 Å². The van der Waals surface area contributed by atoms with Crippen LogP contribution in [0.25, 0.3) is 5.57 Å². The summed E-state index contributed by atoms with van der Waals surface area (Å²) in [4.78, 5) is 14.6. The van der Waals surface area contributed by atoms with Gasteiger partial charge in [0.2, 0.25) is 0 Å². The maximum absolute atomic E-state index is 10.6. The number of carboxylic acid groups (broad SMARTS) is 1. The number of hydrogen-bond donors (Lipinski definition) is 2. The molecule has 0 fully saturated rings.